The topological polar surface area (TPSA) is 37.4 Å². The van der Waals surface area contributed by atoms with Crippen molar-refractivity contribution in [3.05, 3.63) is 295 Å². The Morgan fingerprint density at radius 1 is 0.273 bits per heavy atom. The average molecular weight is 886 g/mol. The van der Waals surface area contributed by atoms with Crippen molar-refractivity contribution in [1.29, 1.82) is 0 Å². The van der Waals surface area contributed by atoms with Gasteiger partial charge in [-0.2, -0.15) is 0 Å². The van der Waals surface area contributed by atoms with Gasteiger partial charge in [-0.1, -0.05) is 224 Å². The van der Waals surface area contributed by atoms with E-state index in [0.29, 0.717) is 0 Å². The molecule has 1 aliphatic carbocycles. The van der Waals surface area contributed by atoms with Crippen LogP contribution in [0.4, 0.5) is 17.1 Å². The van der Waals surface area contributed by atoms with E-state index in [0.717, 1.165) is 82.3 Å². The molecule has 0 aliphatic heterocycles. The number of fused-ring (bicyclic) bond motifs is 3. The number of rotatable bonds is 11. The molecular weight excluding hydrogens is 841 g/mol. The lowest BCUT2D eigenvalue weighted by Crippen LogP contribution is -2.30. The number of para-hydroxylation sites is 2. The first-order valence-electron chi connectivity index (χ1n) is 22.3. The smallest absolute Gasteiger partial charge is 0.171 e. The van der Waals surface area contributed by atoms with Gasteiger partial charge in [-0.05, 0) is 81.9 Å². The molecule has 66 heavy (non-hydrogen) atoms. The third-order valence-corrected chi connectivity index (χ3v) is 19.2. The van der Waals surface area contributed by atoms with Gasteiger partial charge < -0.3 is 14.0 Å². The van der Waals surface area contributed by atoms with Crippen LogP contribution < -0.4 is 36.7 Å². The van der Waals surface area contributed by atoms with Gasteiger partial charge in [-0.3, -0.25) is 0 Å². The SMILES string of the molecule is O=P(c1ccccc1)(c1ccccc1)c1ccc2c(c1)-c1cc(P(=O)(c3ccccc3)c3ccccc3)ccc1C2(c1ccccc1)c1ccc(N(c2ccccc2)c2ccccc2)cc1. The van der Waals surface area contributed by atoms with Crippen molar-refractivity contribution in [2.75, 3.05) is 4.90 Å². The van der Waals surface area contributed by atoms with Gasteiger partial charge in [-0.15, -0.1) is 0 Å². The lowest BCUT2D eigenvalue weighted by Gasteiger charge is -2.35. The summed E-state index contributed by atoms with van der Waals surface area (Å²) in [6.07, 6.45) is 0. The fraction of sp³-hybridized carbons (Fsp3) is 0.0164. The lowest BCUT2D eigenvalue weighted by atomic mass is 9.67. The highest BCUT2D eigenvalue weighted by Gasteiger charge is 2.48. The summed E-state index contributed by atoms with van der Waals surface area (Å²) in [5.74, 6) is 0. The van der Waals surface area contributed by atoms with Crippen molar-refractivity contribution >= 4 is 63.2 Å². The van der Waals surface area contributed by atoms with Crippen LogP contribution in [0.3, 0.4) is 0 Å². The minimum Gasteiger partial charge on any atom is -0.311 e. The summed E-state index contributed by atoms with van der Waals surface area (Å²) >= 11 is 0. The molecule has 0 bridgehead atoms. The monoisotopic (exact) mass is 885 g/mol. The Morgan fingerprint density at radius 2 is 0.561 bits per heavy atom. The largest absolute Gasteiger partial charge is 0.311 e. The minimum absolute atomic E-state index is 0.741. The molecule has 10 aromatic carbocycles. The molecule has 0 spiro atoms. The fourth-order valence-corrected chi connectivity index (χ4v) is 15.4. The zero-order valence-electron chi connectivity index (χ0n) is 36.1. The van der Waals surface area contributed by atoms with Crippen molar-refractivity contribution in [1.82, 2.24) is 0 Å². The van der Waals surface area contributed by atoms with Crippen molar-refractivity contribution in [2.24, 2.45) is 0 Å². The predicted molar refractivity (Wildman–Crippen MR) is 277 cm³/mol. The fourth-order valence-electron chi connectivity index (χ4n) is 10.1. The zero-order valence-corrected chi connectivity index (χ0v) is 37.9. The van der Waals surface area contributed by atoms with Crippen molar-refractivity contribution in [3.8, 4) is 11.1 Å². The number of hydrogen-bond donors (Lipinski definition) is 0. The second kappa shape index (κ2) is 17.1. The first-order chi connectivity index (χ1) is 32.5. The van der Waals surface area contributed by atoms with Crippen LogP contribution in [0.25, 0.3) is 11.1 Å². The molecule has 0 saturated carbocycles. The van der Waals surface area contributed by atoms with E-state index in [1.165, 1.54) is 0 Å². The Hall–Kier alpha value is -7.54. The molecule has 0 amide bonds. The maximum absolute atomic E-state index is 16.1. The van der Waals surface area contributed by atoms with Crippen LogP contribution in [0.1, 0.15) is 22.3 Å². The maximum atomic E-state index is 16.1. The predicted octanol–water partition coefficient (Wildman–Crippen LogP) is 12.8. The van der Waals surface area contributed by atoms with E-state index in [-0.39, 0.29) is 0 Å². The van der Waals surface area contributed by atoms with E-state index in [2.05, 4.69) is 144 Å². The molecule has 11 rings (SSSR count). The highest BCUT2D eigenvalue weighted by molar-refractivity contribution is 7.85. The second-order valence-electron chi connectivity index (χ2n) is 16.7. The van der Waals surface area contributed by atoms with Gasteiger partial charge in [0.25, 0.3) is 0 Å². The van der Waals surface area contributed by atoms with Crippen LogP contribution in [0.15, 0.2) is 273 Å². The summed E-state index contributed by atoms with van der Waals surface area (Å²) in [7, 11) is -6.77. The quantitative estimate of drug-likeness (QED) is 0.121. The van der Waals surface area contributed by atoms with E-state index in [9.17, 15) is 0 Å². The summed E-state index contributed by atoms with van der Waals surface area (Å²) < 4.78 is 32.2. The molecule has 5 heteroatoms. The normalized spacial score (nSPS) is 12.8. The first-order valence-corrected chi connectivity index (χ1v) is 25.7. The highest BCUT2D eigenvalue weighted by Crippen LogP contribution is 2.58. The van der Waals surface area contributed by atoms with Crippen LogP contribution in [-0.2, 0) is 14.5 Å². The van der Waals surface area contributed by atoms with Gasteiger partial charge in [0.1, 0.15) is 0 Å². The summed E-state index contributed by atoms with van der Waals surface area (Å²) in [6.45, 7) is 0. The molecule has 0 N–H and O–H groups in total. The van der Waals surface area contributed by atoms with Crippen molar-refractivity contribution in [2.45, 2.75) is 5.41 Å². The molecule has 3 nitrogen and oxygen atoms in total. The second-order valence-corrected chi connectivity index (χ2v) is 22.2. The molecule has 0 atom stereocenters. The Morgan fingerprint density at radius 3 is 0.909 bits per heavy atom. The maximum Gasteiger partial charge on any atom is 0.171 e. The minimum atomic E-state index is -3.38. The van der Waals surface area contributed by atoms with E-state index in [1.54, 1.807) is 0 Å². The van der Waals surface area contributed by atoms with Crippen LogP contribution >= 0.6 is 14.3 Å². The van der Waals surface area contributed by atoms with Crippen LogP contribution in [0, 0.1) is 0 Å². The number of anilines is 3. The summed E-state index contributed by atoms with van der Waals surface area (Å²) in [5.41, 5.74) is 8.62. The Kier molecular flexibility index (Phi) is 10.7. The third-order valence-electron chi connectivity index (χ3n) is 13.1. The van der Waals surface area contributed by atoms with Gasteiger partial charge in [0.2, 0.25) is 0 Å². The molecule has 0 radical (unpaired) electrons. The van der Waals surface area contributed by atoms with Crippen molar-refractivity contribution in [3.63, 3.8) is 0 Å². The standard InChI is InChI=1S/C61H45NO2P2/c63-65(51-28-14-4-15-29-51,52-30-16-5-17-31-52)55-40-42-59-57(44-55)58-45-56(66(64,53-32-18-6-19-33-53)54-34-20-7-21-35-54)41-43-60(58)61(59,46-22-8-1-9-23-46)47-36-38-50(39-37-47)62(48-24-10-2-11-25-48)49-26-12-3-13-27-49/h1-45H. The first kappa shape index (κ1) is 41.2. The molecule has 0 aromatic heterocycles. The molecule has 316 valence electrons. The zero-order chi connectivity index (χ0) is 44.6. The molecule has 1 aliphatic rings. The van der Waals surface area contributed by atoms with Gasteiger partial charge in [0, 0.05) is 48.9 Å². The van der Waals surface area contributed by atoms with Crippen LogP contribution in [0.2, 0.25) is 0 Å². The van der Waals surface area contributed by atoms with Gasteiger partial charge in [0.05, 0.1) is 5.41 Å². The number of nitrogens with zero attached hydrogens (tertiary/aromatic N) is 1. The Balaban J connectivity index is 1.19. The summed E-state index contributed by atoms with van der Waals surface area (Å²) in [4.78, 5) is 2.28. The molecule has 0 saturated heterocycles. The molecule has 0 heterocycles. The highest BCUT2D eigenvalue weighted by atomic mass is 31.2. The van der Waals surface area contributed by atoms with E-state index in [4.69, 9.17) is 0 Å². The molecule has 10 aromatic rings. The molecule has 0 unspecified atom stereocenters. The molecule has 0 fully saturated rings. The van der Waals surface area contributed by atoms with E-state index in [1.807, 2.05) is 133 Å². The third kappa shape index (κ3) is 6.74. The molecular formula is C61H45NO2P2. The van der Waals surface area contributed by atoms with Crippen LogP contribution in [-0.4, -0.2) is 0 Å². The number of hydrogen-bond acceptors (Lipinski definition) is 3. The summed E-state index contributed by atoms with van der Waals surface area (Å²) in [6, 6.07) is 92.9. The lowest BCUT2D eigenvalue weighted by molar-refractivity contribution is 0.591. The van der Waals surface area contributed by atoms with Gasteiger partial charge in [-0.25, -0.2) is 0 Å². The van der Waals surface area contributed by atoms with E-state index < -0.39 is 19.7 Å². The average Bonchev–Trinajstić information content (AvgIpc) is 3.70. The Bertz CT molecular complexity index is 3110. The van der Waals surface area contributed by atoms with Gasteiger partial charge in [0.15, 0.2) is 14.3 Å². The van der Waals surface area contributed by atoms with Gasteiger partial charge >= 0.3 is 0 Å². The summed E-state index contributed by atoms with van der Waals surface area (Å²) in [5, 5.41) is 4.56. The van der Waals surface area contributed by atoms with E-state index >= 15 is 9.13 Å². The Labute approximate surface area is 387 Å². The number of benzene rings is 10. The van der Waals surface area contributed by atoms with Crippen molar-refractivity contribution < 1.29 is 9.13 Å². The van der Waals surface area contributed by atoms with Crippen LogP contribution in [0.5, 0.6) is 0 Å².